The lowest BCUT2D eigenvalue weighted by Gasteiger charge is -2.07. The molecule has 1 amide bonds. The van der Waals surface area contributed by atoms with Gasteiger partial charge < -0.3 is 19.6 Å². The molecule has 0 aliphatic carbocycles. The first-order chi connectivity index (χ1) is 14.1. The number of ether oxygens (including phenoxy) is 1. The molecule has 2 N–H and O–H groups in total. The van der Waals surface area contributed by atoms with Crippen LogP contribution in [0.25, 0.3) is 22.1 Å². The number of aromatic hydroxyl groups is 1. The summed E-state index contributed by atoms with van der Waals surface area (Å²) in [7, 11) is 1.49. The standard InChI is InChI=1S/C23H18ClNO4/c1-28-21-11-15(8-9-20(21)26)19-13-29-22-17(19)6-3-7-18(22)23(27)25-12-14-4-2-5-16(24)10-14/h2-11,13,26H,12H2,1H3,(H,25,27). The normalized spacial score (nSPS) is 10.8. The van der Waals surface area contributed by atoms with Gasteiger partial charge in [0.05, 0.1) is 18.9 Å². The number of phenolic OH excluding ortho intramolecular Hbond substituents is 1. The summed E-state index contributed by atoms with van der Waals surface area (Å²) in [6.07, 6.45) is 1.60. The molecular formula is C23H18ClNO4. The third-order valence-corrected chi connectivity index (χ3v) is 4.91. The molecule has 0 spiro atoms. The van der Waals surface area contributed by atoms with Gasteiger partial charge in [-0.25, -0.2) is 0 Å². The van der Waals surface area contributed by atoms with Crippen LogP contribution in [0.1, 0.15) is 15.9 Å². The molecular weight excluding hydrogens is 390 g/mol. The van der Waals surface area contributed by atoms with Gasteiger partial charge in [0.15, 0.2) is 11.5 Å². The van der Waals surface area contributed by atoms with E-state index < -0.39 is 0 Å². The Morgan fingerprint density at radius 1 is 1.14 bits per heavy atom. The summed E-state index contributed by atoms with van der Waals surface area (Å²) in [5, 5.41) is 14.1. The van der Waals surface area contributed by atoms with E-state index in [4.69, 9.17) is 20.8 Å². The van der Waals surface area contributed by atoms with Gasteiger partial charge in [-0.05, 0) is 41.5 Å². The fourth-order valence-corrected chi connectivity index (χ4v) is 3.44. The van der Waals surface area contributed by atoms with Crippen molar-refractivity contribution in [1.29, 1.82) is 0 Å². The van der Waals surface area contributed by atoms with Crippen LogP contribution in [-0.2, 0) is 6.54 Å². The second-order valence-electron chi connectivity index (χ2n) is 6.53. The van der Waals surface area contributed by atoms with Gasteiger partial charge >= 0.3 is 0 Å². The third-order valence-electron chi connectivity index (χ3n) is 4.68. The SMILES string of the molecule is COc1cc(-c2coc3c(C(=O)NCc4cccc(Cl)c4)cccc23)ccc1O. The Morgan fingerprint density at radius 2 is 1.97 bits per heavy atom. The van der Waals surface area contributed by atoms with Crippen LogP contribution in [0.2, 0.25) is 5.02 Å². The quantitative estimate of drug-likeness (QED) is 0.464. The molecule has 1 aromatic heterocycles. The van der Waals surface area contributed by atoms with E-state index in [-0.39, 0.29) is 11.7 Å². The number of benzene rings is 3. The Kier molecular flexibility index (Phi) is 5.14. The molecule has 146 valence electrons. The highest BCUT2D eigenvalue weighted by atomic mass is 35.5. The number of carbonyl (C=O) groups excluding carboxylic acids is 1. The number of furan rings is 1. The van der Waals surface area contributed by atoms with Crippen LogP contribution >= 0.6 is 11.6 Å². The molecule has 4 aromatic rings. The predicted molar refractivity (Wildman–Crippen MR) is 112 cm³/mol. The summed E-state index contributed by atoms with van der Waals surface area (Å²) in [6.45, 7) is 0.360. The van der Waals surface area contributed by atoms with Gasteiger partial charge in [0.25, 0.3) is 5.91 Å². The van der Waals surface area contributed by atoms with Crippen LogP contribution in [0.4, 0.5) is 0 Å². The number of rotatable bonds is 5. The third kappa shape index (κ3) is 3.77. The average molecular weight is 408 g/mol. The van der Waals surface area contributed by atoms with E-state index in [1.165, 1.54) is 7.11 Å². The molecule has 0 saturated heterocycles. The van der Waals surface area contributed by atoms with Crippen molar-refractivity contribution >= 4 is 28.5 Å². The van der Waals surface area contributed by atoms with Crippen LogP contribution in [0.3, 0.4) is 0 Å². The van der Waals surface area contributed by atoms with Crippen molar-refractivity contribution in [3.05, 3.63) is 83.1 Å². The minimum Gasteiger partial charge on any atom is -0.504 e. The van der Waals surface area contributed by atoms with Gasteiger partial charge in [-0.2, -0.15) is 0 Å². The first-order valence-electron chi connectivity index (χ1n) is 8.97. The van der Waals surface area contributed by atoms with Gasteiger partial charge in [0.2, 0.25) is 0 Å². The zero-order valence-electron chi connectivity index (χ0n) is 15.6. The van der Waals surface area contributed by atoms with E-state index >= 15 is 0 Å². The highest BCUT2D eigenvalue weighted by Crippen LogP contribution is 2.36. The van der Waals surface area contributed by atoms with Crippen molar-refractivity contribution in [3.63, 3.8) is 0 Å². The van der Waals surface area contributed by atoms with Crippen molar-refractivity contribution in [2.24, 2.45) is 0 Å². The van der Waals surface area contributed by atoms with E-state index in [1.54, 1.807) is 36.6 Å². The molecule has 0 aliphatic heterocycles. The van der Waals surface area contributed by atoms with Crippen LogP contribution in [0, 0.1) is 0 Å². The summed E-state index contributed by atoms with van der Waals surface area (Å²) >= 11 is 6.00. The number of phenols is 1. The van der Waals surface area contributed by atoms with E-state index in [0.717, 1.165) is 22.1 Å². The predicted octanol–water partition coefficient (Wildman–Crippen LogP) is 5.40. The molecule has 0 bridgehead atoms. The second-order valence-corrected chi connectivity index (χ2v) is 6.97. The number of carbonyl (C=O) groups is 1. The molecule has 0 aliphatic rings. The van der Waals surface area contributed by atoms with Crippen molar-refractivity contribution in [1.82, 2.24) is 5.32 Å². The number of hydrogen-bond acceptors (Lipinski definition) is 4. The largest absolute Gasteiger partial charge is 0.504 e. The Morgan fingerprint density at radius 3 is 2.76 bits per heavy atom. The molecule has 5 nitrogen and oxygen atoms in total. The Bertz CT molecular complexity index is 1200. The summed E-state index contributed by atoms with van der Waals surface area (Å²) in [5.41, 5.74) is 3.48. The molecule has 0 radical (unpaired) electrons. The van der Waals surface area contributed by atoms with E-state index in [9.17, 15) is 9.90 Å². The Hall–Kier alpha value is -3.44. The zero-order valence-corrected chi connectivity index (χ0v) is 16.4. The number of methoxy groups -OCH3 is 1. The number of hydrogen-bond donors (Lipinski definition) is 2. The molecule has 29 heavy (non-hydrogen) atoms. The summed E-state index contributed by atoms with van der Waals surface area (Å²) < 4.78 is 10.9. The molecule has 0 unspecified atom stereocenters. The van der Waals surface area contributed by atoms with Gasteiger partial charge in [0.1, 0.15) is 5.58 Å². The fourth-order valence-electron chi connectivity index (χ4n) is 3.23. The summed E-state index contributed by atoms with van der Waals surface area (Å²) in [4.78, 5) is 12.8. The highest BCUT2D eigenvalue weighted by molar-refractivity contribution is 6.30. The lowest BCUT2D eigenvalue weighted by Crippen LogP contribution is -2.22. The fraction of sp³-hybridized carbons (Fsp3) is 0.0870. The molecule has 6 heteroatoms. The van der Waals surface area contributed by atoms with Gasteiger partial charge in [-0.15, -0.1) is 0 Å². The van der Waals surface area contributed by atoms with Crippen molar-refractivity contribution < 1.29 is 19.1 Å². The van der Waals surface area contributed by atoms with Crippen LogP contribution in [-0.4, -0.2) is 18.1 Å². The maximum atomic E-state index is 12.8. The Labute approximate surface area is 172 Å². The maximum absolute atomic E-state index is 12.8. The topological polar surface area (TPSA) is 71.7 Å². The smallest absolute Gasteiger partial charge is 0.255 e. The molecule has 1 heterocycles. The number of halogens is 1. The molecule has 0 atom stereocenters. The maximum Gasteiger partial charge on any atom is 0.255 e. The number of nitrogens with one attached hydrogen (secondary N) is 1. The lowest BCUT2D eigenvalue weighted by atomic mass is 10.0. The number of fused-ring (bicyclic) bond motifs is 1. The number of para-hydroxylation sites is 1. The monoisotopic (exact) mass is 407 g/mol. The molecule has 0 saturated carbocycles. The first kappa shape index (κ1) is 18.9. The van der Waals surface area contributed by atoms with E-state index in [0.29, 0.717) is 28.5 Å². The Balaban J connectivity index is 1.64. The lowest BCUT2D eigenvalue weighted by molar-refractivity contribution is 0.0951. The van der Waals surface area contributed by atoms with E-state index in [1.807, 2.05) is 30.3 Å². The van der Waals surface area contributed by atoms with Crippen molar-refractivity contribution in [3.8, 4) is 22.6 Å². The second kappa shape index (κ2) is 7.89. The van der Waals surface area contributed by atoms with Crippen molar-refractivity contribution in [2.75, 3.05) is 7.11 Å². The van der Waals surface area contributed by atoms with Gasteiger partial charge in [-0.3, -0.25) is 4.79 Å². The molecule has 0 fully saturated rings. The minimum absolute atomic E-state index is 0.0603. The number of amides is 1. The minimum atomic E-state index is -0.236. The van der Waals surface area contributed by atoms with Crippen molar-refractivity contribution in [2.45, 2.75) is 6.54 Å². The molecule has 4 rings (SSSR count). The summed E-state index contributed by atoms with van der Waals surface area (Å²) in [6, 6.07) is 17.8. The van der Waals surface area contributed by atoms with Gasteiger partial charge in [-0.1, -0.05) is 41.9 Å². The van der Waals surface area contributed by atoms with Crippen LogP contribution in [0.5, 0.6) is 11.5 Å². The van der Waals surface area contributed by atoms with E-state index in [2.05, 4.69) is 5.32 Å². The first-order valence-corrected chi connectivity index (χ1v) is 9.35. The summed E-state index contributed by atoms with van der Waals surface area (Å²) in [5.74, 6) is 0.192. The van der Waals surface area contributed by atoms with Gasteiger partial charge in [0, 0.05) is 22.5 Å². The average Bonchev–Trinajstić information content (AvgIpc) is 3.16. The zero-order chi connectivity index (χ0) is 20.4. The molecule has 3 aromatic carbocycles. The van der Waals surface area contributed by atoms with Crippen LogP contribution in [0.15, 0.2) is 71.3 Å². The highest BCUT2D eigenvalue weighted by Gasteiger charge is 2.17. The van der Waals surface area contributed by atoms with Crippen LogP contribution < -0.4 is 10.1 Å².